The summed E-state index contributed by atoms with van der Waals surface area (Å²) in [6.07, 6.45) is 66.7. The van der Waals surface area contributed by atoms with E-state index in [1.807, 2.05) is 0 Å². The summed E-state index contributed by atoms with van der Waals surface area (Å²) in [4.78, 5) is 26.2. The van der Waals surface area contributed by atoms with Crippen molar-refractivity contribution < 1.29 is 24.5 Å². The summed E-state index contributed by atoms with van der Waals surface area (Å²) in [5.74, 6) is -0.516. The number of amides is 1. The van der Waals surface area contributed by atoms with Crippen LogP contribution in [0.2, 0.25) is 0 Å². The molecule has 6 nitrogen and oxygen atoms in total. The lowest BCUT2D eigenvalue weighted by atomic mass is 10.0. The minimum absolute atomic E-state index is 0.0570. The molecule has 0 heterocycles. The third-order valence-corrected chi connectivity index (χ3v) is 12.3. The van der Waals surface area contributed by atoms with Crippen molar-refractivity contribution >= 4 is 11.9 Å². The first-order chi connectivity index (χ1) is 32.0. The highest BCUT2D eigenvalue weighted by Gasteiger charge is 2.24. The van der Waals surface area contributed by atoms with E-state index in [1.165, 1.54) is 122 Å². The molecule has 0 rings (SSSR count). The van der Waals surface area contributed by atoms with E-state index in [4.69, 9.17) is 4.74 Å². The molecule has 65 heavy (non-hydrogen) atoms. The lowest BCUT2D eigenvalue weighted by molar-refractivity contribution is -0.151. The molecule has 3 N–H and O–H groups in total. The number of carbonyl (C=O) groups is 2. The van der Waals surface area contributed by atoms with E-state index in [9.17, 15) is 19.8 Å². The van der Waals surface area contributed by atoms with Crippen LogP contribution < -0.4 is 5.32 Å². The second-order valence-corrected chi connectivity index (χ2v) is 18.6. The molecule has 3 unspecified atom stereocenters. The maximum atomic E-state index is 13.2. The van der Waals surface area contributed by atoms with Crippen molar-refractivity contribution in [2.45, 2.75) is 283 Å². The molecule has 0 aliphatic heterocycles. The molecule has 0 spiro atoms. The molecule has 0 saturated carbocycles. The van der Waals surface area contributed by atoms with Gasteiger partial charge >= 0.3 is 5.97 Å². The summed E-state index contributed by atoms with van der Waals surface area (Å²) in [6, 6.07) is -0.713. The van der Waals surface area contributed by atoms with Gasteiger partial charge in [-0.2, -0.15) is 0 Å². The molecule has 0 aromatic carbocycles. The molecule has 3 atom stereocenters. The predicted octanol–water partition coefficient (Wildman–Crippen LogP) is 17.0. The number of carbonyl (C=O) groups excluding carboxylic acids is 2. The highest BCUT2D eigenvalue weighted by atomic mass is 16.5. The number of aliphatic hydroxyl groups excluding tert-OH is 2. The van der Waals surface area contributed by atoms with Gasteiger partial charge in [0.05, 0.1) is 25.2 Å². The first-order valence-electron chi connectivity index (χ1n) is 27.7. The van der Waals surface area contributed by atoms with Crippen molar-refractivity contribution in [3.05, 3.63) is 72.9 Å². The molecular formula is C59H105NO5. The Morgan fingerprint density at radius 1 is 0.446 bits per heavy atom. The average molecular weight is 908 g/mol. The second kappa shape index (κ2) is 52.3. The third kappa shape index (κ3) is 47.6. The summed E-state index contributed by atoms with van der Waals surface area (Å²) in [5.41, 5.74) is 0. The number of aliphatic hydroxyl groups is 2. The summed E-state index contributed by atoms with van der Waals surface area (Å²) in [7, 11) is 0. The summed E-state index contributed by atoms with van der Waals surface area (Å²) < 4.78 is 5.94. The van der Waals surface area contributed by atoms with Crippen LogP contribution >= 0.6 is 0 Å². The molecule has 6 heteroatoms. The van der Waals surface area contributed by atoms with Crippen LogP contribution in [0.15, 0.2) is 72.9 Å². The van der Waals surface area contributed by atoms with Crippen LogP contribution in [-0.2, 0) is 14.3 Å². The molecule has 1 amide bonds. The van der Waals surface area contributed by atoms with Crippen molar-refractivity contribution in [1.82, 2.24) is 5.32 Å². The fraction of sp³-hybridized carbons (Fsp3) is 0.763. The molecule has 0 aliphatic rings. The normalized spacial score (nSPS) is 13.7. The second-order valence-electron chi connectivity index (χ2n) is 18.6. The maximum Gasteiger partial charge on any atom is 0.306 e. The number of rotatable bonds is 49. The van der Waals surface area contributed by atoms with Gasteiger partial charge in [0, 0.05) is 6.42 Å². The molecular weight excluding hydrogens is 803 g/mol. The van der Waals surface area contributed by atoms with Crippen LogP contribution in [0, 0.1) is 0 Å². The van der Waals surface area contributed by atoms with Crippen LogP contribution in [0.4, 0.5) is 0 Å². The van der Waals surface area contributed by atoms with Crippen LogP contribution in [0.25, 0.3) is 0 Å². The van der Waals surface area contributed by atoms with Crippen LogP contribution in [0.1, 0.15) is 265 Å². The van der Waals surface area contributed by atoms with Crippen LogP contribution in [0.3, 0.4) is 0 Å². The van der Waals surface area contributed by atoms with Crippen molar-refractivity contribution in [3.63, 3.8) is 0 Å². The van der Waals surface area contributed by atoms with Crippen LogP contribution in [-0.4, -0.2) is 46.9 Å². The first kappa shape index (κ1) is 62.3. The zero-order valence-corrected chi connectivity index (χ0v) is 42.9. The molecule has 0 fully saturated rings. The molecule has 0 saturated heterocycles. The number of hydrogen-bond acceptors (Lipinski definition) is 5. The third-order valence-electron chi connectivity index (χ3n) is 12.3. The zero-order valence-electron chi connectivity index (χ0n) is 42.9. The monoisotopic (exact) mass is 908 g/mol. The fourth-order valence-corrected chi connectivity index (χ4v) is 8.03. The zero-order chi connectivity index (χ0) is 47.4. The van der Waals surface area contributed by atoms with Gasteiger partial charge in [0.2, 0.25) is 5.91 Å². The van der Waals surface area contributed by atoms with E-state index < -0.39 is 18.2 Å². The Balaban J connectivity index is 4.65. The van der Waals surface area contributed by atoms with Crippen molar-refractivity contribution in [3.8, 4) is 0 Å². The van der Waals surface area contributed by atoms with Crippen molar-refractivity contribution in [1.29, 1.82) is 0 Å². The number of unbranched alkanes of at least 4 members (excludes halogenated alkanes) is 25. The molecule has 376 valence electrons. The fourth-order valence-electron chi connectivity index (χ4n) is 8.03. The van der Waals surface area contributed by atoms with Gasteiger partial charge in [-0.1, -0.05) is 222 Å². The summed E-state index contributed by atoms with van der Waals surface area (Å²) >= 11 is 0. The predicted molar refractivity (Wildman–Crippen MR) is 282 cm³/mol. The smallest absolute Gasteiger partial charge is 0.306 e. The summed E-state index contributed by atoms with van der Waals surface area (Å²) in [6.45, 7) is 6.42. The van der Waals surface area contributed by atoms with Gasteiger partial charge in [-0.05, 0) is 103 Å². The van der Waals surface area contributed by atoms with E-state index in [1.54, 1.807) is 0 Å². The van der Waals surface area contributed by atoms with Gasteiger partial charge in [0.1, 0.15) is 6.10 Å². The van der Waals surface area contributed by atoms with Crippen LogP contribution in [0.5, 0.6) is 0 Å². The maximum absolute atomic E-state index is 13.2. The van der Waals surface area contributed by atoms with E-state index in [0.29, 0.717) is 19.3 Å². The van der Waals surface area contributed by atoms with Gasteiger partial charge in [-0.15, -0.1) is 0 Å². The first-order valence-corrected chi connectivity index (χ1v) is 27.7. The molecule has 0 radical (unpaired) electrons. The van der Waals surface area contributed by atoms with Gasteiger partial charge in [0.25, 0.3) is 0 Å². The minimum atomic E-state index is -0.798. The molecule has 0 bridgehead atoms. The Bertz CT molecular complexity index is 1200. The highest BCUT2D eigenvalue weighted by Crippen LogP contribution is 2.17. The van der Waals surface area contributed by atoms with Gasteiger partial charge in [-0.3, -0.25) is 9.59 Å². The number of allylic oxidation sites excluding steroid dienone is 12. The van der Waals surface area contributed by atoms with Gasteiger partial charge in [0.15, 0.2) is 0 Å². The average Bonchev–Trinajstić information content (AvgIpc) is 3.30. The van der Waals surface area contributed by atoms with Crippen molar-refractivity contribution in [2.75, 3.05) is 6.61 Å². The topological polar surface area (TPSA) is 95.9 Å². The number of nitrogens with one attached hydrogen (secondary N) is 1. The number of ether oxygens (including phenoxy) is 1. The number of esters is 1. The van der Waals surface area contributed by atoms with E-state index in [-0.39, 0.29) is 24.9 Å². The number of hydrogen-bond donors (Lipinski definition) is 3. The molecule has 0 aromatic rings. The van der Waals surface area contributed by atoms with Gasteiger partial charge < -0.3 is 20.3 Å². The lowest BCUT2D eigenvalue weighted by Crippen LogP contribution is -2.46. The highest BCUT2D eigenvalue weighted by molar-refractivity contribution is 5.77. The Hall–Kier alpha value is -2.70. The quantitative estimate of drug-likeness (QED) is 0.0321. The Morgan fingerprint density at radius 2 is 0.785 bits per heavy atom. The lowest BCUT2D eigenvalue weighted by Gasteiger charge is -2.24. The Morgan fingerprint density at radius 3 is 1.22 bits per heavy atom. The van der Waals surface area contributed by atoms with Crippen molar-refractivity contribution in [2.24, 2.45) is 0 Å². The Kier molecular flexibility index (Phi) is 50.1. The standard InChI is InChI=1S/C59H105NO5/c1-4-7-10-13-16-19-22-24-26-28-29-31-33-35-37-40-43-46-49-52-59(64)65-55(50-47-44-41-38-36-34-32-30-27-25-23-20-17-14-11-8-5-2)53-58(63)60-56(54-61)57(62)51-48-45-42-39-21-18-15-12-9-6-3/h16-17,19-20,24-27,29,31,35,37,55-57,61-62H,4-15,18,21-23,28,30,32-34,36,38-54H2,1-3H3,(H,60,63)/b19-16-,20-17-,26-24-,27-25-,31-29-,37-35-. The molecule has 0 aliphatic carbocycles. The summed E-state index contributed by atoms with van der Waals surface area (Å²) in [5, 5.41) is 23.8. The van der Waals surface area contributed by atoms with E-state index in [0.717, 1.165) is 96.3 Å². The largest absolute Gasteiger partial charge is 0.462 e. The van der Waals surface area contributed by atoms with E-state index in [2.05, 4.69) is 99.0 Å². The van der Waals surface area contributed by atoms with Gasteiger partial charge in [-0.25, -0.2) is 0 Å². The SMILES string of the molecule is CCCCC/C=C\C/C=C\C/C=C\C/C=C\CCCCCC(=O)OC(CCCCCCCCC/C=C\C/C=C\CCCCC)CC(=O)NC(CO)C(O)CCCCCCCCCCCC. The Labute approximate surface area is 402 Å². The van der Waals surface area contributed by atoms with E-state index >= 15 is 0 Å². The minimum Gasteiger partial charge on any atom is -0.462 e. The molecule has 0 aromatic heterocycles.